The molecular formula is C50H74O14. The number of rotatable bonds is 7. The molecule has 14 nitrogen and oxygen atoms in total. The number of hydrogen-bond donors (Lipinski definition) is 3. The molecule has 0 amide bonds. The third-order valence-electron chi connectivity index (χ3n) is 15.4. The highest BCUT2D eigenvalue weighted by molar-refractivity contribution is 5.78. The van der Waals surface area contributed by atoms with E-state index in [0.717, 1.165) is 18.4 Å². The normalized spacial score (nSPS) is 47.1. The minimum atomic E-state index is -1.83. The van der Waals surface area contributed by atoms with Crippen LogP contribution in [0.5, 0.6) is 0 Å². The van der Waals surface area contributed by atoms with Crippen molar-refractivity contribution < 1.29 is 67.5 Å². The van der Waals surface area contributed by atoms with Crippen molar-refractivity contribution in [2.24, 2.45) is 23.7 Å². The Morgan fingerprint density at radius 2 is 1.53 bits per heavy atom. The lowest BCUT2D eigenvalue weighted by Gasteiger charge is -2.49. The van der Waals surface area contributed by atoms with Crippen LogP contribution in [0.3, 0.4) is 0 Å². The van der Waals surface area contributed by atoms with E-state index in [1.165, 1.54) is 19.3 Å². The van der Waals surface area contributed by atoms with Crippen molar-refractivity contribution in [1.82, 2.24) is 0 Å². The number of hydrogen-bond acceptors (Lipinski definition) is 14. The molecule has 64 heavy (non-hydrogen) atoms. The highest BCUT2D eigenvalue weighted by atomic mass is 16.7. The number of fused-ring (bicyclic) bond motifs is 2. The van der Waals surface area contributed by atoms with Crippen LogP contribution in [0, 0.1) is 23.7 Å². The van der Waals surface area contributed by atoms with E-state index >= 15 is 0 Å². The first-order valence-electron chi connectivity index (χ1n) is 24.0. The molecule has 3 N–H and O–H groups in total. The Morgan fingerprint density at radius 1 is 0.812 bits per heavy atom. The molecule has 6 heterocycles. The van der Waals surface area contributed by atoms with Crippen molar-refractivity contribution in [2.75, 3.05) is 20.8 Å². The first-order chi connectivity index (χ1) is 30.6. The number of esters is 1. The van der Waals surface area contributed by atoms with Crippen LogP contribution in [0.15, 0.2) is 59.3 Å². The fraction of sp³-hybridized carbons (Fsp3) is 0.780. The Hall–Kier alpha value is -2.31. The van der Waals surface area contributed by atoms with E-state index in [1.807, 2.05) is 25.2 Å². The molecule has 0 aromatic carbocycles. The molecule has 1 spiro atoms. The molecule has 0 unspecified atom stereocenters. The van der Waals surface area contributed by atoms with Crippen molar-refractivity contribution in [3.8, 4) is 0 Å². The lowest BCUT2D eigenvalue weighted by atomic mass is 9.71. The second-order valence-electron chi connectivity index (χ2n) is 20.0. The molecule has 19 atom stereocenters. The number of methoxy groups -OCH3 is 2. The van der Waals surface area contributed by atoms with Gasteiger partial charge in [0, 0.05) is 51.7 Å². The SMILES string of the molecule is CO[C@H]1C[C@H](O[C@@H]2[C@H](C)O[C@@H](O[C@@H]3C(C)=CC[C@@H]4C[C@@H](C[C@]5(C=C[C@H](C)[C@@H](C6CCCCC6)O5)O4)OC(=O)[C@@H]4C=C(C)[C@@H](O)[C@H]5OCC(=CC=C[C@@H]3C)[C@]54O)C[C@@H]2OC)O[C@@H](C)[C@H]1O. The molecule has 1 saturated carbocycles. The van der Waals surface area contributed by atoms with Crippen LogP contribution in [0.4, 0.5) is 0 Å². The molecule has 5 fully saturated rings. The zero-order valence-corrected chi connectivity index (χ0v) is 39.0. The van der Waals surface area contributed by atoms with Crippen LogP contribution < -0.4 is 0 Å². The smallest absolute Gasteiger partial charge is 0.316 e. The quantitative estimate of drug-likeness (QED) is 0.204. The molecule has 2 aliphatic carbocycles. The van der Waals surface area contributed by atoms with Crippen LogP contribution in [0.1, 0.15) is 106 Å². The highest BCUT2D eigenvalue weighted by Crippen LogP contribution is 2.48. The maximum Gasteiger partial charge on any atom is 0.316 e. The van der Waals surface area contributed by atoms with Crippen LogP contribution in [0.25, 0.3) is 0 Å². The van der Waals surface area contributed by atoms with Crippen LogP contribution in [0.2, 0.25) is 0 Å². The standard InChI is InChI=1S/C50H74O14/c1-27-13-12-16-34-26-57-47-42(51)30(4)21-37(50(34,47)54)48(53)60-36-22-35(63-49(25-36)20-19-29(3)45(64-49)33-14-10-9-11-15-33)18-17-28(2)44(27)61-41-24-39(56-8)46(32(6)59-41)62-40-23-38(55-7)43(52)31(5)58-40/h12-13,16-17,19-21,27,29,31-33,35-47,51-52,54H,9-11,14-15,18,22-26H2,1-8H3/t27-,29-,31-,32-,35+,36-,37-,38-,39-,40-,41-,42+,43+,44-,45-,46+,47+,49+,50+/m0/s1. The van der Waals surface area contributed by atoms with E-state index in [1.54, 1.807) is 40.2 Å². The third kappa shape index (κ3) is 9.82. The summed E-state index contributed by atoms with van der Waals surface area (Å²) in [6, 6.07) is 0. The van der Waals surface area contributed by atoms with Gasteiger partial charge in [-0.05, 0) is 75.7 Å². The number of carbonyl (C=O) groups is 1. The monoisotopic (exact) mass is 899 g/mol. The first-order valence-corrected chi connectivity index (χ1v) is 24.0. The van der Waals surface area contributed by atoms with Gasteiger partial charge in [0.2, 0.25) is 0 Å². The molecule has 6 aliphatic heterocycles. The summed E-state index contributed by atoms with van der Waals surface area (Å²) in [5.41, 5.74) is 0.166. The highest BCUT2D eigenvalue weighted by Gasteiger charge is 2.60. The fourth-order valence-electron chi connectivity index (χ4n) is 11.7. The van der Waals surface area contributed by atoms with Crippen LogP contribution >= 0.6 is 0 Å². The number of allylic oxidation sites excluding steroid dienone is 2. The fourth-order valence-corrected chi connectivity index (χ4v) is 11.7. The Morgan fingerprint density at radius 3 is 2.28 bits per heavy atom. The molecule has 0 aromatic heterocycles. The molecule has 2 bridgehead atoms. The van der Waals surface area contributed by atoms with Gasteiger partial charge in [-0.1, -0.05) is 69.6 Å². The van der Waals surface area contributed by atoms with Gasteiger partial charge in [0.1, 0.15) is 42.0 Å². The van der Waals surface area contributed by atoms with E-state index in [4.69, 9.17) is 47.4 Å². The summed E-state index contributed by atoms with van der Waals surface area (Å²) in [5.74, 6) is -2.32. The van der Waals surface area contributed by atoms with Crippen LogP contribution in [-0.4, -0.2) is 139 Å². The average Bonchev–Trinajstić information content (AvgIpc) is 3.62. The topological polar surface area (TPSA) is 170 Å². The van der Waals surface area contributed by atoms with Gasteiger partial charge in [0.25, 0.3) is 0 Å². The minimum Gasteiger partial charge on any atom is -0.462 e. The lowest BCUT2D eigenvalue weighted by Crippen LogP contribution is -2.58. The zero-order valence-electron chi connectivity index (χ0n) is 39.0. The van der Waals surface area contributed by atoms with Crippen LogP contribution in [-0.2, 0) is 52.2 Å². The van der Waals surface area contributed by atoms with E-state index in [9.17, 15) is 20.1 Å². The number of aliphatic hydroxyl groups excluding tert-OH is 2. The summed E-state index contributed by atoms with van der Waals surface area (Å²) >= 11 is 0. The van der Waals surface area contributed by atoms with E-state index in [-0.39, 0.29) is 36.8 Å². The molecule has 14 heteroatoms. The minimum absolute atomic E-state index is 0.0242. The van der Waals surface area contributed by atoms with Gasteiger partial charge in [-0.25, -0.2) is 0 Å². The second kappa shape index (κ2) is 20.1. The lowest BCUT2D eigenvalue weighted by molar-refractivity contribution is -0.318. The van der Waals surface area contributed by atoms with Gasteiger partial charge in [0.05, 0.1) is 49.3 Å². The molecule has 4 saturated heterocycles. The van der Waals surface area contributed by atoms with Gasteiger partial charge in [-0.3, -0.25) is 4.79 Å². The summed E-state index contributed by atoms with van der Waals surface area (Å²) in [6.45, 7) is 11.9. The average molecular weight is 899 g/mol. The third-order valence-corrected chi connectivity index (χ3v) is 15.4. The molecular weight excluding hydrogens is 825 g/mol. The summed E-state index contributed by atoms with van der Waals surface area (Å²) < 4.78 is 64.1. The van der Waals surface area contributed by atoms with Crippen molar-refractivity contribution in [1.29, 1.82) is 0 Å². The number of aliphatic hydroxyl groups is 3. The molecule has 8 rings (SSSR count). The Kier molecular flexibility index (Phi) is 15.1. The largest absolute Gasteiger partial charge is 0.462 e. The van der Waals surface area contributed by atoms with Gasteiger partial charge in [-0.2, -0.15) is 0 Å². The maximum atomic E-state index is 14.4. The van der Waals surface area contributed by atoms with Gasteiger partial charge in [-0.15, -0.1) is 0 Å². The molecule has 8 aliphatic rings. The Balaban J connectivity index is 1.08. The van der Waals surface area contributed by atoms with Gasteiger partial charge < -0.3 is 62.7 Å². The second-order valence-corrected chi connectivity index (χ2v) is 20.0. The predicted octanol–water partition coefficient (Wildman–Crippen LogP) is 5.91. The van der Waals surface area contributed by atoms with E-state index in [2.05, 4.69) is 32.9 Å². The number of carbonyl (C=O) groups excluding carboxylic acids is 1. The summed E-state index contributed by atoms with van der Waals surface area (Å²) in [7, 11) is 3.23. The molecule has 358 valence electrons. The summed E-state index contributed by atoms with van der Waals surface area (Å²) in [5, 5.41) is 34.3. The van der Waals surface area contributed by atoms with Gasteiger partial charge in [0.15, 0.2) is 18.4 Å². The van der Waals surface area contributed by atoms with Crippen molar-refractivity contribution >= 4 is 5.97 Å². The van der Waals surface area contributed by atoms with Crippen molar-refractivity contribution in [3.05, 3.63) is 59.3 Å². The first kappa shape index (κ1) is 48.2. The van der Waals surface area contributed by atoms with Gasteiger partial charge >= 0.3 is 5.97 Å². The Labute approximate surface area is 379 Å². The van der Waals surface area contributed by atoms with E-state index in [0.29, 0.717) is 49.2 Å². The van der Waals surface area contributed by atoms with Crippen molar-refractivity contribution in [3.63, 3.8) is 0 Å². The molecule has 0 aromatic rings. The molecule has 0 radical (unpaired) electrons. The summed E-state index contributed by atoms with van der Waals surface area (Å²) in [6.07, 6.45) is 13.8. The Bertz CT molecular complexity index is 1790. The maximum absolute atomic E-state index is 14.4. The predicted molar refractivity (Wildman–Crippen MR) is 234 cm³/mol. The zero-order chi connectivity index (χ0) is 45.5. The number of ether oxygens (including phenoxy) is 10. The van der Waals surface area contributed by atoms with Crippen molar-refractivity contribution in [2.45, 2.75) is 203 Å². The van der Waals surface area contributed by atoms with E-state index < -0.39 is 90.8 Å². The summed E-state index contributed by atoms with van der Waals surface area (Å²) in [4.78, 5) is 14.4.